The number of carbonyl (C=O) groups excluding carboxylic acids is 1. The molecule has 0 fully saturated rings. The van der Waals surface area contributed by atoms with Crippen LogP contribution < -0.4 is 14.4 Å². The Morgan fingerprint density at radius 2 is 1.61 bits per heavy atom. The standard InChI is InChI=1S/C22H14F5NO5/c23-15-8-11(6-5-10(15)7-16(29)30)28-9-14-17(20(28)31)19(33-22(26)27)13-4-2-1-3-12(13)18(14)32-21(24)25/h1-6,8,21-22H,7,9H2,(H,29,30). The Morgan fingerprint density at radius 3 is 2.18 bits per heavy atom. The number of fused-ring (bicyclic) bond motifs is 2. The maximum atomic E-state index is 14.4. The van der Waals surface area contributed by atoms with Crippen molar-refractivity contribution in [1.29, 1.82) is 0 Å². The summed E-state index contributed by atoms with van der Waals surface area (Å²) in [7, 11) is 0. The van der Waals surface area contributed by atoms with Gasteiger partial charge < -0.3 is 19.5 Å². The zero-order valence-corrected chi connectivity index (χ0v) is 16.5. The number of rotatable bonds is 7. The number of carboxylic acids is 1. The third-order valence-electron chi connectivity index (χ3n) is 5.10. The van der Waals surface area contributed by atoms with Gasteiger partial charge in [0.15, 0.2) is 0 Å². The van der Waals surface area contributed by atoms with Gasteiger partial charge in [0.1, 0.15) is 17.3 Å². The Morgan fingerprint density at radius 1 is 1.00 bits per heavy atom. The van der Waals surface area contributed by atoms with Crippen LogP contribution in [0.25, 0.3) is 10.8 Å². The van der Waals surface area contributed by atoms with E-state index in [4.69, 9.17) is 5.11 Å². The number of nitrogens with zero attached hydrogens (tertiary/aromatic N) is 1. The summed E-state index contributed by atoms with van der Waals surface area (Å²) in [5.41, 5.74) is -0.688. The molecule has 0 saturated carbocycles. The zero-order chi connectivity index (χ0) is 23.9. The van der Waals surface area contributed by atoms with Crippen molar-refractivity contribution in [3.05, 3.63) is 65.0 Å². The van der Waals surface area contributed by atoms with Crippen LogP contribution in [0.5, 0.6) is 11.5 Å². The number of carbonyl (C=O) groups is 2. The summed E-state index contributed by atoms with van der Waals surface area (Å²) in [4.78, 5) is 25.0. The van der Waals surface area contributed by atoms with Crippen LogP contribution in [0.1, 0.15) is 21.5 Å². The number of halogens is 5. The maximum absolute atomic E-state index is 14.4. The molecule has 0 bridgehead atoms. The van der Waals surface area contributed by atoms with Gasteiger partial charge in [-0.15, -0.1) is 0 Å². The monoisotopic (exact) mass is 467 g/mol. The van der Waals surface area contributed by atoms with Gasteiger partial charge in [-0.05, 0) is 17.7 Å². The summed E-state index contributed by atoms with van der Waals surface area (Å²) >= 11 is 0. The lowest BCUT2D eigenvalue weighted by atomic mass is 9.99. The Hall–Kier alpha value is -3.89. The van der Waals surface area contributed by atoms with E-state index in [1.165, 1.54) is 36.4 Å². The molecular formula is C22H14F5NO5. The van der Waals surface area contributed by atoms with Crippen LogP contribution >= 0.6 is 0 Å². The van der Waals surface area contributed by atoms with Gasteiger partial charge in [-0.25, -0.2) is 4.39 Å². The van der Waals surface area contributed by atoms with Crippen LogP contribution in [-0.2, 0) is 17.8 Å². The topological polar surface area (TPSA) is 76.1 Å². The predicted octanol–water partition coefficient (Wildman–Crippen LogP) is 4.97. The number of anilines is 1. The van der Waals surface area contributed by atoms with Gasteiger partial charge in [-0.2, -0.15) is 17.6 Å². The highest BCUT2D eigenvalue weighted by Gasteiger charge is 2.38. The van der Waals surface area contributed by atoms with Gasteiger partial charge in [0.05, 0.1) is 18.5 Å². The Kier molecular flexibility index (Phi) is 5.79. The summed E-state index contributed by atoms with van der Waals surface area (Å²) in [5, 5.41) is 8.84. The lowest BCUT2D eigenvalue weighted by Crippen LogP contribution is -2.23. The Bertz CT molecular complexity index is 1260. The van der Waals surface area contributed by atoms with Gasteiger partial charge in [0.2, 0.25) is 0 Å². The van der Waals surface area contributed by atoms with Crippen LogP contribution in [0, 0.1) is 5.82 Å². The lowest BCUT2D eigenvalue weighted by molar-refractivity contribution is -0.136. The molecule has 6 nitrogen and oxygen atoms in total. The van der Waals surface area contributed by atoms with Crippen molar-refractivity contribution in [2.75, 3.05) is 4.90 Å². The van der Waals surface area contributed by atoms with Crippen molar-refractivity contribution in [3.8, 4) is 11.5 Å². The van der Waals surface area contributed by atoms with Gasteiger partial charge in [-0.1, -0.05) is 30.3 Å². The van der Waals surface area contributed by atoms with Gasteiger partial charge >= 0.3 is 19.2 Å². The molecule has 3 aromatic rings. The predicted molar refractivity (Wildman–Crippen MR) is 105 cm³/mol. The van der Waals surface area contributed by atoms with Gasteiger partial charge in [0, 0.05) is 22.0 Å². The van der Waals surface area contributed by atoms with E-state index in [0.717, 1.165) is 11.0 Å². The number of amides is 1. The molecule has 1 heterocycles. The van der Waals surface area contributed by atoms with E-state index < -0.39 is 55.2 Å². The van der Waals surface area contributed by atoms with E-state index in [0.29, 0.717) is 0 Å². The summed E-state index contributed by atoms with van der Waals surface area (Å²) in [5.74, 6) is -3.95. The first-order valence-electron chi connectivity index (χ1n) is 9.46. The number of ether oxygens (including phenoxy) is 2. The average Bonchev–Trinajstić information content (AvgIpc) is 3.08. The minimum absolute atomic E-state index is 0.0297. The molecule has 0 radical (unpaired) electrons. The zero-order valence-electron chi connectivity index (χ0n) is 16.5. The summed E-state index contributed by atoms with van der Waals surface area (Å²) in [6, 6.07) is 8.95. The van der Waals surface area contributed by atoms with E-state index >= 15 is 0 Å². The van der Waals surface area contributed by atoms with Crippen molar-refractivity contribution < 1.29 is 46.1 Å². The molecule has 0 aromatic heterocycles. The second-order valence-electron chi connectivity index (χ2n) is 7.05. The minimum Gasteiger partial charge on any atom is -0.481 e. The summed E-state index contributed by atoms with van der Waals surface area (Å²) in [6.45, 7) is -6.97. The molecule has 33 heavy (non-hydrogen) atoms. The van der Waals surface area contributed by atoms with Crippen LogP contribution in [0.2, 0.25) is 0 Å². The van der Waals surface area contributed by atoms with Crippen LogP contribution in [0.4, 0.5) is 27.6 Å². The third-order valence-corrected chi connectivity index (χ3v) is 5.10. The lowest BCUT2D eigenvalue weighted by Gasteiger charge is -2.17. The molecule has 0 unspecified atom stereocenters. The molecule has 11 heteroatoms. The Balaban J connectivity index is 1.88. The smallest absolute Gasteiger partial charge is 0.387 e. The van der Waals surface area contributed by atoms with E-state index in [1.807, 2.05) is 0 Å². The fourth-order valence-corrected chi connectivity index (χ4v) is 3.82. The fourth-order valence-electron chi connectivity index (χ4n) is 3.82. The molecular weight excluding hydrogens is 453 g/mol. The highest BCUT2D eigenvalue weighted by atomic mass is 19.3. The van der Waals surface area contributed by atoms with Crippen molar-refractivity contribution in [1.82, 2.24) is 0 Å². The number of hydrogen-bond acceptors (Lipinski definition) is 4. The normalized spacial score (nSPS) is 13.2. The first-order valence-corrected chi connectivity index (χ1v) is 9.46. The maximum Gasteiger partial charge on any atom is 0.387 e. The highest BCUT2D eigenvalue weighted by Crippen LogP contribution is 2.47. The Labute approximate surface area is 182 Å². The molecule has 1 aliphatic heterocycles. The minimum atomic E-state index is -3.31. The molecule has 0 spiro atoms. The van der Waals surface area contributed by atoms with Crippen LogP contribution in [-0.4, -0.2) is 30.2 Å². The highest BCUT2D eigenvalue weighted by molar-refractivity contribution is 6.16. The fraction of sp³-hybridized carbons (Fsp3) is 0.182. The first-order chi connectivity index (χ1) is 15.7. The van der Waals surface area contributed by atoms with Crippen molar-refractivity contribution in [2.24, 2.45) is 0 Å². The van der Waals surface area contributed by atoms with E-state index in [9.17, 15) is 31.5 Å². The molecule has 3 aromatic carbocycles. The number of carboxylic acid groups (broad SMARTS) is 1. The third kappa shape index (κ3) is 4.13. The molecule has 172 valence electrons. The summed E-state index contributed by atoms with van der Waals surface area (Å²) < 4.78 is 76.4. The number of benzene rings is 3. The molecule has 1 aliphatic rings. The molecule has 1 N–H and O–H groups in total. The van der Waals surface area contributed by atoms with Crippen LogP contribution in [0.3, 0.4) is 0 Å². The van der Waals surface area contributed by atoms with Crippen molar-refractivity contribution >= 4 is 28.3 Å². The van der Waals surface area contributed by atoms with Crippen LogP contribution in [0.15, 0.2) is 42.5 Å². The second kappa shape index (κ2) is 8.57. The van der Waals surface area contributed by atoms with Crippen molar-refractivity contribution in [2.45, 2.75) is 26.2 Å². The number of aliphatic carboxylic acids is 1. The molecule has 0 saturated heterocycles. The van der Waals surface area contributed by atoms with Crippen molar-refractivity contribution in [3.63, 3.8) is 0 Å². The second-order valence-corrected chi connectivity index (χ2v) is 7.05. The van der Waals surface area contributed by atoms with Gasteiger partial charge in [0.25, 0.3) is 5.91 Å². The van der Waals surface area contributed by atoms with E-state index in [2.05, 4.69) is 9.47 Å². The van der Waals surface area contributed by atoms with Gasteiger partial charge in [-0.3, -0.25) is 9.59 Å². The largest absolute Gasteiger partial charge is 0.481 e. The van der Waals surface area contributed by atoms with E-state index in [-0.39, 0.29) is 33.3 Å². The average molecular weight is 467 g/mol. The number of hydrogen-bond donors (Lipinski definition) is 1. The first kappa shape index (κ1) is 22.3. The molecule has 1 amide bonds. The molecule has 0 aliphatic carbocycles. The quantitative estimate of drug-likeness (QED) is 0.497. The SMILES string of the molecule is O=C(O)Cc1ccc(N2Cc3c(c(OC(F)F)c4ccccc4c3OC(F)F)C2=O)cc1F. The summed E-state index contributed by atoms with van der Waals surface area (Å²) in [6.07, 6.45) is -0.593. The number of alkyl halides is 4. The van der Waals surface area contributed by atoms with E-state index in [1.54, 1.807) is 0 Å². The molecule has 0 atom stereocenters. The molecule has 4 rings (SSSR count).